The van der Waals surface area contributed by atoms with Crippen molar-refractivity contribution in [3.63, 3.8) is 0 Å². The maximum Gasteiger partial charge on any atom is 0.410 e. The zero-order valence-electron chi connectivity index (χ0n) is 25.6. The van der Waals surface area contributed by atoms with Crippen molar-refractivity contribution < 1.29 is 23.8 Å². The molecule has 0 saturated carbocycles. The molecule has 1 fully saturated rings. The van der Waals surface area contributed by atoms with Gasteiger partial charge in [0.25, 0.3) is 5.91 Å². The van der Waals surface area contributed by atoms with Crippen LogP contribution in [0.15, 0.2) is 84.9 Å². The number of benzene rings is 4. The summed E-state index contributed by atoms with van der Waals surface area (Å²) >= 11 is 0. The molecule has 1 aliphatic heterocycles. The van der Waals surface area contributed by atoms with Gasteiger partial charge in [-0.25, -0.2) is 4.79 Å². The smallest absolute Gasteiger partial charge is 0.410 e. The minimum atomic E-state index is -0.525. The molecule has 226 valence electrons. The Morgan fingerprint density at radius 2 is 1.64 bits per heavy atom. The lowest BCUT2D eigenvalue weighted by Gasteiger charge is -2.33. The van der Waals surface area contributed by atoms with Crippen LogP contribution in [0.4, 0.5) is 10.5 Å². The third-order valence-electron chi connectivity index (χ3n) is 7.48. The molecule has 1 aliphatic rings. The molecule has 4 aromatic carbocycles. The lowest BCUT2D eigenvalue weighted by Crippen LogP contribution is -2.44. The largest absolute Gasteiger partial charge is 0.497 e. The maximum absolute atomic E-state index is 13.9. The summed E-state index contributed by atoms with van der Waals surface area (Å²) in [6, 6.07) is 28.4. The molecular weight excluding hydrogens is 554 g/mol. The first-order valence-electron chi connectivity index (χ1n) is 14.8. The SMILES string of the molecule is COc1cccc(C(=O)N(Cc2ccc3ccc(C#N)cc3c2)c2ccc(OC3CCN(C(=O)OC(C)(C)C)CC3)cc2)c1. The fourth-order valence-corrected chi connectivity index (χ4v) is 5.22. The summed E-state index contributed by atoms with van der Waals surface area (Å²) in [6.45, 7) is 7.06. The van der Waals surface area contributed by atoms with Crippen LogP contribution in [0, 0.1) is 11.3 Å². The number of hydrogen-bond donors (Lipinski definition) is 0. The molecule has 44 heavy (non-hydrogen) atoms. The number of nitrogens with zero attached hydrogens (tertiary/aromatic N) is 3. The zero-order valence-corrected chi connectivity index (χ0v) is 25.6. The fourth-order valence-electron chi connectivity index (χ4n) is 5.22. The summed E-state index contributed by atoms with van der Waals surface area (Å²) < 4.78 is 17.1. The first-order valence-corrected chi connectivity index (χ1v) is 14.8. The molecule has 8 nitrogen and oxygen atoms in total. The van der Waals surface area contributed by atoms with Gasteiger partial charge in [-0.05, 0) is 97.8 Å². The van der Waals surface area contributed by atoms with Crippen molar-refractivity contribution in [2.45, 2.75) is 51.9 Å². The highest BCUT2D eigenvalue weighted by Crippen LogP contribution is 2.28. The number of methoxy groups -OCH3 is 1. The summed E-state index contributed by atoms with van der Waals surface area (Å²) in [7, 11) is 1.58. The minimum Gasteiger partial charge on any atom is -0.497 e. The van der Waals surface area contributed by atoms with Crippen LogP contribution in [0.25, 0.3) is 10.8 Å². The van der Waals surface area contributed by atoms with Gasteiger partial charge in [0.15, 0.2) is 0 Å². The van der Waals surface area contributed by atoms with Crippen LogP contribution in [-0.4, -0.2) is 48.8 Å². The topological polar surface area (TPSA) is 92.1 Å². The van der Waals surface area contributed by atoms with E-state index in [-0.39, 0.29) is 18.1 Å². The monoisotopic (exact) mass is 591 g/mol. The summed E-state index contributed by atoms with van der Waals surface area (Å²) in [4.78, 5) is 29.8. The Labute approximate surface area is 258 Å². The van der Waals surface area contributed by atoms with Crippen molar-refractivity contribution in [2.75, 3.05) is 25.1 Å². The first kappa shape index (κ1) is 30.4. The summed E-state index contributed by atoms with van der Waals surface area (Å²) in [5, 5.41) is 11.3. The van der Waals surface area contributed by atoms with Crippen molar-refractivity contribution in [2.24, 2.45) is 0 Å². The van der Waals surface area contributed by atoms with E-state index in [1.54, 1.807) is 47.2 Å². The van der Waals surface area contributed by atoms with Gasteiger partial charge in [0, 0.05) is 37.2 Å². The Balaban J connectivity index is 1.33. The van der Waals surface area contributed by atoms with Crippen molar-refractivity contribution in [3.8, 4) is 17.6 Å². The lowest BCUT2D eigenvalue weighted by molar-refractivity contribution is 0.0126. The van der Waals surface area contributed by atoms with Gasteiger partial charge in [-0.3, -0.25) is 4.79 Å². The minimum absolute atomic E-state index is 0.0232. The molecule has 0 unspecified atom stereocenters. The number of nitriles is 1. The second-order valence-corrected chi connectivity index (χ2v) is 11.9. The molecule has 2 amide bonds. The van der Waals surface area contributed by atoms with E-state index in [1.807, 2.05) is 75.4 Å². The highest BCUT2D eigenvalue weighted by Gasteiger charge is 2.28. The van der Waals surface area contributed by atoms with Gasteiger partial charge in [-0.2, -0.15) is 5.26 Å². The van der Waals surface area contributed by atoms with Crippen LogP contribution in [0.2, 0.25) is 0 Å². The highest BCUT2D eigenvalue weighted by molar-refractivity contribution is 6.06. The number of carbonyl (C=O) groups is 2. The third-order valence-corrected chi connectivity index (χ3v) is 7.48. The average molecular weight is 592 g/mol. The van der Waals surface area contributed by atoms with Gasteiger partial charge in [-0.1, -0.05) is 24.3 Å². The maximum atomic E-state index is 13.9. The van der Waals surface area contributed by atoms with Crippen molar-refractivity contribution >= 4 is 28.5 Å². The van der Waals surface area contributed by atoms with Crippen LogP contribution in [0.5, 0.6) is 11.5 Å². The van der Waals surface area contributed by atoms with E-state index in [2.05, 4.69) is 6.07 Å². The summed E-state index contributed by atoms with van der Waals surface area (Å²) in [5.41, 5.74) is 2.22. The van der Waals surface area contributed by atoms with E-state index in [4.69, 9.17) is 14.2 Å². The quantitative estimate of drug-likeness (QED) is 0.223. The molecule has 1 saturated heterocycles. The van der Waals surface area contributed by atoms with Gasteiger partial charge in [0.05, 0.1) is 25.3 Å². The molecule has 0 aliphatic carbocycles. The number of piperidine rings is 1. The Morgan fingerprint density at radius 3 is 2.32 bits per heavy atom. The number of likely N-dealkylation sites (tertiary alicyclic amines) is 1. The van der Waals surface area contributed by atoms with E-state index < -0.39 is 5.60 Å². The number of anilines is 1. The van der Waals surface area contributed by atoms with Crippen molar-refractivity contribution in [1.29, 1.82) is 5.26 Å². The van der Waals surface area contributed by atoms with Crippen LogP contribution in [0.3, 0.4) is 0 Å². The van der Waals surface area contributed by atoms with Gasteiger partial charge >= 0.3 is 6.09 Å². The van der Waals surface area contributed by atoms with Gasteiger partial charge in [0.1, 0.15) is 23.2 Å². The van der Waals surface area contributed by atoms with Crippen molar-refractivity contribution in [1.82, 2.24) is 4.90 Å². The Kier molecular flexibility index (Phi) is 9.05. The molecule has 0 N–H and O–H groups in total. The number of carbonyl (C=O) groups excluding carboxylic acids is 2. The second kappa shape index (κ2) is 13.1. The first-order chi connectivity index (χ1) is 21.1. The lowest BCUT2D eigenvalue weighted by atomic mass is 10.0. The number of hydrogen-bond acceptors (Lipinski definition) is 6. The molecule has 5 rings (SSSR count). The standard InChI is InChI=1S/C36H37N3O5/c1-36(2,3)44-35(41)38-18-16-32(17-19-38)43-31-14-12-30(13-15-31)39(34(40)28-6-5-7-33(22-28)42-4)24-26-9-11-27-10-8-25(23-37)20-29(27)21-26/h5-15,20-22,32H,16-19,24H2,1-4H3. The molecule has 0 atom stereocenters. The van der Waals surface area contributed by atoms with Crippen LogP contribution < -0.4 is 14.4 Å². The molecule has 4 aromatic rings. The molecule has 0 bridgehead atoms. The third kappa shape index (κ3) is 7.48. The highest BCUT2D eigenvalue weighted by atomic mass is 16.6. The van der Waals surface area contributed by atoms with E-state index in [0.717, 1.165) is 22.0 Å². The predicted molar refractivity (Wildman–Crippen MR) is 170 cm³/mol. The average Bonchev–Trinajstić information content (AvgIpc) is 3.03. The summed E-state index contributed by atoms with van der Waals surface area (Å²) in [6.07, 6.45) is 1.09. The molecule has 0 aromatic heterocycles. The molecule has 0 spiro atoms. The van der Waals surface area contributed by atoms with E-state index in [0.29, 0.717) is 55.1 Å². The Hall–Kier alpha value is -5.03. The zero-order chi connectivity index (χ0) is 31.3. The summed E-state index contributed by atoms with van der Waals surface area (Å²) in [5.74, 6) is 1.14. The molecule has 8 heteroatoms. The van der Waals surface area contributed by atoms with Crippen molar-refractivity contribution in [3.05, 3.63) is 102 Å². The number of fused-ring (bicyclic) bond motifs is 1. The van der Waals surface area contributed by atoms with E-state index >= 15 is 0 Å². The molecular formula is C36H37N3O5. The van der Waals surface area contributed by atoms with Crippen LogP contribution in [-0.2, 0) is 11.3 Å². The van der Waals surface area contributed by atoms with Crippen LogP contribution >= 0.6 is 0 Å². The van der Waals surface area contributed by atoms with Gasteiger partial charge in [0.2, 0.25) is 0 Å². The van der Waals surface area contributed by atoms with Gasteiger partial charge in [-0.15, -0.1) is 0 Å². The van der Waals surface area contributed by atoms with E-state index in [9.17, 15) is 14.9 Å². The van der Waals surface area contributed by atoms with Gasteiger partial charge < -0.3 is 24.0 Å². The molecule has 1 heterocycles. The number of rotatable bonds is 7. The normalized spacial score (nSPS) is 13.7. The Bertz CT molecular complexity index is 1680. The predicted octanol–water partition coefficient (Wildman–Crippen LogP) is 7.35. The number of ether oxygens (including phenoxy) is 3. The second-order valence-electron chi connectivity index (χ2n) is 11.9. The van der Waals surface area contributed by atoms with E-state index in [1.165, 1.54) is 0 Å². The fraction of sp³-hybridized carbons (Fsp3) is 0.306. The number of amides is 2. The van der Waals surface area contributed by atoms with Crippen LogP contribution in [0.1, 0.15) is 55.1 Å². The molecule has 0 radical (unpaired) electrons. The Morgan fingerprint density at radius 1 is 0.909 bits per heavy atom.